The summed E-state index contributed by atoms with van der Waals surface area (Å²) in [7, 11) is -2.35. The van der Waals surface area contributed by atoms with Crippen LogP contribution in [0.4, 0.5) is 10.1 Å². The molecule has 0 aromatic heterocycles. The molecule has 1 aromatic rings. The van der Waals surface area contributed by atoms with Gasteiger partial charge in [0.15, 0.2) is 5.82 Å². The van der Waals surface area contributed by atoms with Crippen LogP contribution in [0, 0.1) is 5.82 Å². The Kier molecular flexibility index (Phi) is 6.86. The lowest BCUT2D eigenvalue weighted by atomic mass is 10.3. The highest BCUT2D eigenvalue weighted by molar-refractivity contribution is 7.90. The third kappa shape index (κ3) is 5.78. The fraction of sp³-hybridized carbons (Fsp3) is 0.538. The van der Waals surface area contributed by atoms with E-state index in [1.165, 1.54) is 25.2 Å². The van der Waals surface area contributed by atoms with Crippen LogP contribution in [0.5, 0.6) is 0 Å². The second-order valence-electron chi connectivity index (χ2n) is 4.99. The largest absolute Gasteiger partial charge is 0.314 e. The van der Waals surface area contributed by atoms with Crippen molar-refractivity contribution in [2.45, 2.75) is 26.3 Å². The van der Waals surface area contributed by atoms with E-state index in [9.17, 15) is 12.8 Å². The summed E-state index contributed by atoms with van der Waals surface area (Å²) in [6.07, 6.45) is 0.660. The molecule has 0 saturated carbocycles. The molecule has 120 valence electrons. The van der Waals surface area contributed by atoms with Gasteiger partial charge >= 0.3 is 10.2 Å². The standard InChI is InChI=1S/C13H21ClFN3O2S/c1-10(2)16-8-5-9-18(3)21(19,20)17-12-7-4-6-11(14)13(12)15/h4,6-7,10,16-17H,5,8-9H2,1-3H3. The molecule has 21 heavy (non-hydrogen) atoms. The lowest BCUT2D eigenvalue weighted by Gasteiger charge is -2.19. The third-order valence-electron chi connectivity index (χ3n) is 2.80. The number of benzene rings is 1. The second kappa shape index (κ2) is 7.93. The highest BCUT2D eigenvalue weighted by Crippen LogP contribution is 2.23. The van der Waals surface area contributed by atoms with Crippen molar-refractivity contribution in [3.05, 3.63) is 29.0 Å². The van der Waals surface area contributed by atoms with Crippen LogP contribution in [-0.2, 0) is 10.2 Å². The van der Waals surface area contributed by atoms with Crippen molar-refractivity contribution in [3.63, 3.8) is 0 Å². The van der Waals surface area contributed by atoms with E-state index < -0.39 is 16.0 Å². The number of hydrogen-bond acceptors (Lipinski definition) is 3. The fourth-order valence-electron chi connectivity index (χ4n) is 1.61. The van der Waals surface area contributed by atoms with E-state index >= 15 is 0 Å². The Balaban J connectivity index is 2.62. The highest BCUT2D eigenvalue weighted by Gasteiger charge is 2.19. The molecule has 0 saturated heterocycles. The molecule has 1 rings (SSSR count). The molecule has 1 aromatic carbocycles. The summed E-state index contributed by atoms with van der Waals surface area (Å²) in [5.41, 5.74) is -0.158. The topological polar surface area (TPSA) is 61.4 Å². The molecule has 0 bridgehead atoms. The maximum absolute atomic E-state index is 13.7. The fourth-order valence-corrected chi connectivity index (χ4v) is 2.75. The number of nitrogens with one attached hydrogen (secondary N) is 2. The van der Waals surface area contributed by atoms with Crippen molar-refractivity contribution in [1.82, 2.24) is 9.62 Å². The van der Waals surface area contributed by atoms with E-state index in [0.717, 1.165) is 4.31 Å². The van der Waals surface area contributed by atoms with E-state index in [0.29, 0.717) is 25.6 Å². The molecule has 0 radical (unpaired) electrons. The van der Waals surface area contributed by atoms with E-state index in [2.05, 4.69) is 10.0 Å². The van der Waals surface area contributed by atoms with Crippen molar-refractivity contribution < 1.29 is 12.8 Å². The Bertz CT molecular complexity index is 567. The average Bonchev–Trinajstić information content (AvgIpc) is 2.39. The normalized spacial score (nSPS) is 12.1. The Labute approximate surface area is 130 Å². The first-order valence-corrected chi connectivity index (χ1v) is 8.47. The Morgan fingerprint density at radius 3 is 2.67 bits per heavy atom. The minimum absolute atomic E-state index is 0.126. The summed E-state index contributed by atoms with van der Waals surface area (Å²) in [5, 5.41) is 3.07. The van der Waals surface area contributed by atoms with Gasteiger partial charge in [0.25, 0.3) is 0 Å². The summed E-state index contributed by atoms with van der Waals surface area (Å²) in [5.74, 6) is -0.780. The summed E-state index contributed by atoms with van der Waals surface area (Å²) < 4.78 is 41.2. The highest BCUT2D eigenvalue weighted by atomic mass is 35.5. The predicted octanol–water partition coefficient (Wildman–Crippen LogP) is 2.46. The van der Waals surface area contributed by atoms with Crippen LogP contribution < -0.4 is 10.0 Å². The minimum atomic E-state index is -3.80. The number of nitrogens with zero attached hydrogens (tertiary/aromatic N) is 1. The average molecular weight is 338 g/mol. The number of halogens is 2. The van der Waals surface area contributed by atoms with Gasteiger partial charge < -0.3 is 5.32 Å². The van der Waals surface area contributed by atoms with Crippen molar-refractivity contribution in [3.8, 4) is 0 Å². The monoisotopic (exact) mass is 337 g/mol. The minimum Gasteiger partial charge on any atom is -0.314 e. The Hall–Kier alpha value is -0.890. The molecule has 0 amide bonds. The van der Waals surface area contributed by atoms with Crippen molar-refractivity contribution in [2.24, 2.45) is 0 Å². The van der Waals surface area contributed by atoms with E-state index in [1.807, 2.05) is 13.8 Å². The SMILES string of the molecule is CC(C)NCCCN(C)S(=O)(=O)Nc1cccc(Cl)c1F. The molecule has 2 N–H and O–H groups in total. The maximum atomic E-state index is 13.7. The van der Waals surface area contributed by atoms with Crippen LogP contribution in [-0.4, -0.2) is 38.9 Å². The first-order valence-electron chi connectivity index (χ1n) is 6.65. The molecule has 0 aliphatic heterocycles. The molecule has 0 heterocycles. The maximum Gasteiger partial charge on any atom is 0.301 e. The first kappa shape index (κ1) is 18.2. The summed E-state index contributed by atoms with van der Waals surface area (Å²) >= 11 is 5.62. The molecule has 5 nitrogen and oxygen atoms in total. The Morgan fingerprint density at radius 2 is 2.05 bits per heavy atom. The Morgan fingerprint density at radius 1 is 1.38 bits per heavy atom. The third-order valence-corrected chi connectivity index (χ3v) is 4.58. The van der Waals surface area contributed by atoms with Crippen LogP contribution in [0.15, 0.2) is 18.2 Å². The van der Waals surface area contributed by atoms with Crippen molar-refractivity contribution in [2.75, 3.05) is 24.9 Å². The van der Waals surface area contributed by atoms with Gasteiger partial charge in [0.2, 0.25) is 0 Å². The van der Waals surface area contributed by atoms with Crippen molar-refractivity contribution >= 4 is 27.5 Å². The van der Waals surface area contributed by atoms with Crippen LogP contribution in [0.2, 0.25) is 5.02 Å². The molecule has 0 atom stereocenters. The molecule has 8 heteroatoms. The molecule has 0 spiro atoms. The van der Waals surface area contributed by atoms with Crippen LogP contribution >= 0.6 is 11.6 Å². The lowest BCUT2D eigenvalue weighted by molar-refractivity contribution is 0.451. The lowest BCUT2D eigenvalue weighted by Crippen LogP contribution is -2.35. The van der Waals surface area contributed by atoms with Gasteiger partial charge in [-0.15, -0.1) is 0 Å². The van der Waals surface area contributed by atoms with Gasteiger partial charge in [-0.1, -0.05) is 31.5 Å². The van der Waals surface area contributed by atoms with Crippen LogP contribution in [0.25, 0.3) is 0 Å². The molecular formula is C13H21ClFN3O2S. The quantitative estimate of drug-likeness (QED) is 0.716. The number of anilines is 1. The summed E-state index contributed by atoms with van der Waals surface area (Å²) in [4.78, 5) is 0. The predicted molar refractivity (Wildman–Crippen MR) is 84.3 cm³/mol. The van der Waals surface area contributed by atoms with Gasteiger partial charge in [-0.3, -0.25) is 4.72 Å². The smallest absolute Gasteiger partial charge is 0.301 e. The number of rotatable bonds is 8. The van der Waals surface area contributed by atoms with Gasteiger partial charge in [-0.2, -0.15) is 12.7 Å². The van der Waals surface area contributed by atoms with E-state index in [-0.39, 0.29) is 10.7 Å². The summed E-state index contributed by atoms with van der Waals surface area (Å²) in [6, 6.07) is 4.52. The zero-order chi connectivity index (χ0) is 16.0. The van der Waals surface area contributed by atoms with Gasteiger partial charge in [0, 0.05) is 19.6 Å². The van der Waals surface area contributed by atoms with Gasteiger partial charge in [0.1, 0.15) is 0 Å². The molecule has 0 aliphatic carbocycles. The zero-order valence-corrected chi connectivity index (χ0v) is 13.9. The van der Waals surface area contributed by atoms with E-state index in [1.54, 1.807) is 0 Å². The zero-order valence-electron chi connectivity index (χ0n) is 12.4. The van der Waals surface area contributed by atoms with Gasteiger partial charge in [-0.25, -0.2) is 4.39 Å². The van der Waals surface area contributed by atoms with Gasteiger partial charge in [-0.05, 0) is 25.1 Å². The molecule has 0 fully saturated rings. The van der Waals surface area contributed by atoms with Crippen molar-refractivity contribution in [1.29, 1.82) is 0 Å². The first-order chi connectivity index (χ1) is 9.74. The van der Waals surface area contributed by atoms with Gasteiger partial charge in [0.05, 0.1) is 10.7 Å². The van der Waals surface area contributed by atoms with Crippen LogP contribution in [0.1, 0.15) is 20.3 Å². The summed E-state index contributed by atoms with van der Waals surface area (Å²) in [6.45, 7) is 5.08. The van der Waals surface area contributed by atoms with E-state index in [4.69, 9.17) is 11.6 Å². The van der Waals surface area contributed by atoms with Crippen LogP contribution in [0.3, 0.4) is 0 Å². The molecular weight excluding hydrogens is 317 g/mol. The second-order valence-corrected chi connectivity index (χ2v) is 7.18. The number of hydrogen-bond donors (Lipinski definition) is 2. The molecule has 0 unspecified atom stereocenters. The molecule has 0 aliphatic rings.